The number of nitrogens with one attached hydrogen (secondary N) is 1. The molecule has 0 amide bonds. The van der Waals surface area contributed by atoms with E-state index in [4.69, 9.17) is 11.6 Å². The van der Waals surface area contributed by atoms with Gasteiger partial charge in [0.2, 0.25) is 0 Å². The Bertz CT molecular complexity index is 373. The molecule has 16 heavy (non-hydrogen) atoms. The Morgan fingerprint density at radius 1 is 1.50 bits per heavy atom. The molecule has 2 unspecified atom stereocenters. The van der Waals surface area contributed by atoms with Crippen molar-refractivity contribution in [2.24, 2.45) is 11.3 Å². The van der Waals surface area contributed by atoms with Crippen LogP contribution in [-0.2, 0) is 0 Å². The van der Waals surface area contributed by atoms with Crippen molar-refractivity contribution in [2.45, 2.75) is 33.2 Å². The van der Waals surface area contributed by atoms with E-state index in [1.807, 2.05) is 18.2 Å². The van der Waals surface area contributed by atoms with Crippen molar-refractivity contribution in [3.63, 3.8) is 0 Å². The van der Waals surface area contributed by atoms with Gasteiger partial charge in [0.05, 0.1) is 0 Å². The lowest BCUT2D eigenvalue weighted by Crippen LogP contribution is -2.22. The summed E-state index contributed by atoms with van der Waals surface area (Å²) >= 11 is 5.98. The molecule has 1 nitrogen and oxygen atoms in total. The minimum Gasteiger partial charge on any atom is -0.310 e. The quantitative estimate of drug-likeness (QED) is 0.834. The van der Waals surface area contributed by atoms with Gasteiger partial charge in [-0.1, -0.05) is 37.6 Å². The molecule has 2 heteroatoms. The van der Waals surface area contributed by atoms with Gasteiger partial charge in [0, 0.05) is 11.1 Å². The van der Waals surface area contributed by atoms with E-state index in [1.165, 1.54) is 12.0 Å². The first-order valence-electron chi connectivity index (χ1n) is 5.98. The molecule has 0 bridgehead atoms. The molecular weight excluding hydrogens is 218 g/mol. The fourth-order valence-corrected chi connectivity index (χ4v) is 2.34. The van der Waals surface area contributed by atoms with Crippen LogP contribution in [0.1, 0.15) is 38.8 Å². The summed E-state index contributed by atoms with van der Waals surface area (Å²) in [6.45, 7) is 7.98. The Morgan fingerprint density at radius 3 is 2.75 bits per heavy atom. The van der Waals surface area contributed by atoms with Crippen molar-refractivity contribution in [1.82, 2.24) is 5.32 Å². The lowest BCUT2D eigenvalue weighted by molar-refractivity contribution is 0.485. The van der Waals surface area contributed by atoms with Gasteiger partial charge in [-0.05, 0) is 48.9 Å². The third-order valence-electron chi connectivity index (χ3n) is 3.74. The van der Waals surface area contributed by atoms with E-state index >= 15 is 0 Å². The molecular formula is C14H20ClN. The van der Waals surface area contributed by atoms with Crippen molar-refractivity contribution < 1.29 is 0 Å². The van der Waals surface area contributed by atoms with E-state index in [1.54, 1.807) is 0 Å². The molecule has 1 aromatic carbocycles. The van der Waals surface area contributed by atoms with Crippen molar-refractivity contribution in [2.75, 3.05) is 6.54 Å². The molecule has 2 rings (SSSR count). The second-order valence-corrected chi connectivity index (χ2v) is 6.01. The normalized spacial score (nSPS) is 24.1. The zero-order valence-corrected chi connectivity index (χ0v) is 11.0. The van der Waals surface area contributed by atoms with Crippen LogP contribution in [0.5, 0.6) is 0 Å². The van der Waals surface area contributed by atoms with Crippen molar-refractivity contribution >= 4 is 11.6 Å². The molecule has 1 aliphatic carbocycles. The van der Waals surface area contributed by atoms with E-state index in [9.17, 15) is 0 Å². The lowest BCUT2D eigenvalue weighted by Gasteiger charge is -2.15. The summed E-state index contributed by atoms with van der Waals surface area (Å²) in [6, 6.07) is 8.48. The van der Waals surface area contributed by atoms with E-state index in [0.29, 0.717) is 11.5 Å². The average molecular weight is 238 g/mol. The zero-order chi connectivity index (χ0) is 11.8. The predicted molar refractivity (Wildman–Crippen MR) is 69.8 cm³/mol. The molecule has 2 atom stereocenters. The molecule has 1 saturated carbocycles. The molecule has 1 aliphatic rings. The first kappa shape index (κ1) is 11.9. The summed E-state index contributed by atoms with van der Waals surface area (Å²) < 4.78 is 0. The Kier molecular flexibility index (Phi) is 3.27. The van der Waals surface area contributed by atoms with Crippen LogP contribution in [0.3, 0.4) is 0 Å². The fraction of sp³-hybridized carbons (Fsp3) is 0.571. The Morgan fingerprint density at radius 2 is 2.19 bits per heavy atom. The Labute approximate surface area is 103 Å². The first-order valence-corrected chi connectivity index (χ1v) is 6.36. The highest BCUT2D eigenvalue weighted by Crippen LogP contribution is 2.51. The zero-order valence-electron chi connectivity index (χ0n) is 10.3. The highest BCUT2D eigenvalue weighted by atomic mass is 35.5. The minimum atomic E-state index is 0.384. The summed E-state index contributed by atoms with van der Waals surface area (Å²) in [6.07, 6.45) is 1.35. The van der Waals surface area contributed by atoms with Gasteiger partial charge >= 0.3 is 0 Å². The first-order chi connectivity index (χ1) is 7.49. The maximum Gasteiger partial charge on any atom is 0.0409 e. The van der Waals surface area contributed by atoms with Crippen LogP contribution in [0.15, 0.2) is 24.3 Å². The summed E-state index contributed by atoms with van der Waals surface area (Å²) in [4.78, 5) is 0. The second-order valence-electron chi connectivity index (χ2n) is 5.57. The van der Waals surface area contributed by atoms with Gasteiger partial charge in [-0.25, -0.2) is 0 Å². The molecule has 1 aromatic rings. The van der Waals surface area contributed by atoms with Crippen LogP contribution >= 0.6 is 11.6 Å². The van der Waals surface area contributed by atoms with Gasteiger partial charge in [0.1, 0.15) is 0 Å². The molecule has 0 aromatic heterocycles. The average Bonchev–Trinajstić information content (AvgIpc) is 2.83. The fourth-order valence-electron chi connectivity index (χ4n) is 2.14. The number of hydrogen-bond acceptors (Lipinski definition) is 1. The van der Waals surface area contributed by atoms with Gasteiger partial charge in [0.25, 0.3) is 0 Å². The van der Waals surface area contributed by atoms with Crippen LogP contribution in [0.25, 0.3) is 0 Å². The minimum absolute atomic E-state index is 0.384. The summed E-state index contributed by atoms with van der Waals surface area (Å²) in [7, 11) is 0. The summed E-state index contributed by atoms with van der Waals surface area (Å²) in [5.74, 6) is 0.842. The molecule has 88 valence electrons. The third-order valence-corrected chi connectivity index (χ3v) is 3.97. The van der Waals surface area contributed by atoms with Crippen molar-refractivity contribution in [3.05, 3.63) is 34.9 Å². The predicted octanol–water partition coefficient (Wildman–Crippen LogP) is 4.04. The summed E-state index contributed by atoms with van der Waals surface area (Å²) in [5.41, 5.74) is 1.83. The molecule has 0 heterocycles. The van der Waals surface area contributed by atoms with Crippen LogP contribution in [0.2, 0.25) is 5.02 Å². The molecule has 1 N–H and O–H groups in total. The molecule has 0 saturated heterocycles. The van der Waals surface area contributed by atoms with Crippen LogP contribution in [0, 0.1) is 11.3 Å². The van der Waals surface area contributed by atoms with E-state index in [2.05, 4.69) is 32.2 Å². The highest BCUT2D eigenvalue weighted by Gasteiger charge is 2.44. The molecule has 0 aliphatic heterocycles. The Balaban J connectivity index is 1.86. The van der Waals surface area contributed by atoms with Crippen LogP contribution in [-0.4, -0.2) is 6.54 Å². The van der Waals surface area contributed by atoms with Gasteiger partial charge in [-0.2, -0.15) is 0 Å². The largest absolute Gasteiger partial charge is 0.310 e. The lowest BCUT2D eigenvalue weighted by atomic mass is 10.1. The SMILES string of the molecule is CC(NCC1CC1(C)C)c1cccc(Cl)c1. The maximum atomic E-state index is 5.98. The third kappa shape index (κ3) is 2.78. The monoisotopic (exact) mass is 237 g/mol. The summed E-state index contributed by atoms with van der Waals surface area (Å²) in [5, 5.41) is 4.40. The maximum absolute atomic E-state index is 5.98. The smallest absolute Gasteiger partial charge is 0.0409 e. The van der Waals surface area contributed by atoms with E-state index in [0.717, 1.165) is 17.5 Å². The Hall–Kier alpha value is -0.530. The van der Waals surface area contributed by atoms with Crippen molar-refractivity contribution in [3.8, 4) is 0 Å². The van der Waals surface area contributed by atoms with E-state index in [-0.39, 0.29) is 0 Å². The van der Waals surface area contributed by atoms with Crippen LogP contribution < -0.4 is 5.32 Å². The van der Waals surface area contributed by atoms with Crippen molar-refractivity contribution in [1.29, 1.82) is 0 Å². The molecule has 1 fully saturated rings. The molecule has 0 radical (unpaired) electrons. The number of benzene rings is 1. The highest BCUT2D eigenvalue weighted by molar-refractivity contribution is 6.30. The molecule has 0 spiro atoms. The number of halogens is 1. The van der Waals surface area contributed by atoms with Gasteiger partial charge in [-0.3, -0.25) is 0 Å². The van der Waals surface area contributed by atoms with E-state index < -0.39 is 0 Å². The second kappa shape index (κ2) is 4.38. The number of rotatable bonds is 4. The van der Waals surface area contributed by atoms with Gasteiger partial charge in [0.15, 0.2) is 0 Å². The van der Waals surface area contributed by atoms with Gasteiger partial charge in [-0.15, -0.1) is 0 Å². The standard InChI is InChI=1S/C14H20ClN/c1-10(11-5-4-6-13(15)7-11)16-9-12-8-14(12,2)3/h4-7,10,12,16H,8-9H2,1-3H3. The van der Waals surface area contributed by atoms with Crippen LogP contribution in [0.4, 0.5) is 0 Å². The topological polar surface area (TPSA) is 12.0 Å². The van der Waals surface area contributed by atoms with Gasteiger partial charge < -0.3 is 5.32 Å². The number of hydrogen-bond donors (Lipinski definition) is 1.